The van der Waals surface area contributed by atoms with Gasteiger partial charge in [-0.05, 0) is 37.8 Å². The molecule has 0 saturated heterocycles. The minimum absolute atomic E-state index is 0.248. The molecule has 1 aromatic heterocycles. The standard InChI is InChI=1S/C15H17N3O/c1-10-17-14-7-6-13(8-15(14)19-10)18-12-4-2-11(9-16)3-5-12/h6-8,11-12,18H,2-5H2,1H3. The lowest BCUT2D eigenvalue weighted by Crippen LogP contribution is -2.25. The van der Waals surface area contributed by atoms with E-state index in [1.807, 2.05) is 25.1 Å². The Kier molecular flexibility index (Phi) is 3.12. The van der Waals surface area contributed by atoms with E-state index in [4.69, 9.17) is 9.68 Å². The molecule has 0 amide bonds. The molecule has 0 aliphatic heterocycles. The Bertz CT molecular complexity index is 618. The van der Waals surface area contributed by atoms with Crippen LogP contribution in [0.1, 0.15) is 31.6 Å². The molecule has 1 heterocycles. The van der Waals surface area contributed by atoms with E-state index in [1.54, 1.807) is 0 Å². The van der Waals surface area contributed by atoms with Gasteiger partial charge >= 0.3 is 0 Å². The van der Waals surface area contributed by atoms with Crippen LogP contribution in [0.3, 0.4) is 0 Å². The SMILES string of the molecule is Cc1nc2ccc(NC3CCC(C#N)CC3)cc2o1. The quantitative estimate of drug-likeness (QED) is 0.890. The van der Waals surface area contributed by atoms with E-state index in [9.17, 15) is 0 Å². The monoisotopic (exact) mass is 255 g/mol. The van der Waals surface area contributed by atoms with Gasteiger partial charge in [0.25, 0.3) is 0 Å². The average Bonchev–Trinajstić information content (AvgIpc) is 2.79. The van der Waals surface area contributed by atoms with Gasteiger partial charge in [0.05, 0.1) is 6.07 Å². The minimum atomic E-state index is 0.248. The number of rotatable bonds is 2. The van der Waals surface area contributed by atoms with Crippen LogP contribution in [-0.2, 0) is 0 Å². The molecule has 98 valence electrons. The molecular weight excluding hydrogens is 238 g/mol. The molecule has 1 aliphatic rings. The number of aromatic nitrogens is 1. The number of anilines is 1. The van der Waals surface area contributed by atoms with Crippen LogP contribution in [0.2, 0.25) is 0 Å². The molecule has 1 N–H and O–H groups in total. The van der Waals surface area contributed by atoms with Crippen molar-refractivity contribution in [1.82, 2.24) is 4.98 Å². The second kappa shape index (κ2) is 4.93. The van der Waals surface area contributed by atoms with Crippen LogP contribution in [0.4, 0.5) is 5.69 Å². The average molecular weight is 255 g/mol. The zero-order valence-electron chi connectivity index (χ0n) is 11.0. The number of nitrogens with one attached hydrogen (secondary N) is 1. The Morgan fingerprint density at radius 1 is 1.32 bits per heavy atom. The molecule has 1 saturated carbocycles. The summed E-state index contributed by atoms with van der Waals surface area (Å²) in [6.45, 7) is 1.86. The van der Waals surface area contributed by atoms with Crippen molar-refractivity contribution in [2.75, 3.05) is 5.32 Å². The number of hydrogen-bond acceptors (Lipinski definition) is 4. The smallest absolute Gasteiger partial charge is 0.192 e. The number of nitriles is 1. The van der Waals surface area contributed by atoms with E-state index in [0.717, 1.165) is 42.5 Å². The predicted molar refractivity (Wildman–Crippen MR) is 73.7 cm³/mol. The predicted octanol–water partition coefficient (Wildman–Crippen LogP) is 3.63. The highest BCUT2D eigenvalue weighted by molar-refractivity contribution is 5.77. The molecule has 1 aliphatic carbocycles. The Hall–Kier alpha value is -2.02. The first-order chi connectivity index (χ1) is 9.24. The van der Waals surface area contributed by atoms with Crippen molar-refractivity contribution in [2.24, 2.45) is 5.92 Å². The molecule has 0 spiro atoms. The molecule has 0 atom stereocenters. The fourth-order valence-corrected chi connectivity index (χ4v) is 2.73. The molecule has 2 aromatic rings. The van der Waals surface area contributed by atoms with Gasteiger partial charge in [-0.15, -0.1) is 0 Å². The third-order valence-corrected chi connectivity index (χ3v) is 3.78. The second-order valence-electron chi connectivity index (χ2n) is 5.24. The second-order valence-corrected chi connectivity index (χ2v) is 5.24. The van der Waals surface area contributed by atoms with Crippen LogP contribution in [0.25, 0.3) is 11.1 Å². The molecule has 1 aromatic carbocycles. The number of oxazole rings is 1. The van der Waals surface area contributed by atoms with Crippen LogP contribution in [0.5, 0.6) is 0 Å². The van der Waals surface area contributed by atoms with E-state index < -0.39 is 0 Å². The molecule has 0 bridgehead atoms. The number of fused-ring (bicyclic) bond motifs is 1. The summed E-state index contributed by atoms with van der Waals surface area (Å²) < 4.78 is 5.54. The number of nitrogens with zero attached hydrogens (tertiary/aromatic N) is 2. The first-order valence-electron chi connectivity index (χ1n) is 6.78. The van der Waals surface area contributed by atoms with E-state index in [-0.39, 0.29) is 5.92 Å². The summed E-state index contributed by atoms with van der Waals surface area (Å²) >= 11 is 0. The Morgan fingerprint density at radius 3 is 2.84 bits per heavy atom. The molecule has 3 rings (SSSR count). The van der Waals surface area contributed by atoms with Crippen LogP contribution in [0, 0.1) is 24.2 Å². The third kappa shape index (κ3) is 2.55. The molecular formula is C15H17N3O. The van der Waals surface area contributed by atoms with Gasteiger partial charge in [0.2, 0.25) is 0 Å². The molecule has 1 fully saturated rings. The molecule has 0 unspecified atom stereocenters. The van der Waals surface area contributed by atoms with Crippen LogP contribution >= 0.6 is 0 Å². The highest BCUT2D eigenvalue weighted by Crippen LogP contribution is 2.27. The molecule has 4 heteroatoms. The van der Waals surface area contributed by atoms with Crippen molar-refractivity contribution in [3.05, 3.63) is 24.1 Å². The van der Waals surface area contributed by atoms with Crippen molar-refractivity contribution in [1.29, 1.82) is 5.26 Å². The van der Waals surface area contributed by atoms with Gasteiger partial charge in [0, 0.05) is 30.6 Å². The Labute approximate surface area is 112 Å². The van der Waals surface area contributed by atoms with Crippen LogP contribution in [-0.4, -0.2) is 11.0 Å². The normalized spacial score (nSPS) is 23.2. The van der Waals surface area contributed by atoms with E-state index in [1.165, 1.54) is 0 Å². The summed E-state index contributed by atoms with van der Waals surface area (Å²) in [5.74, 6) is 0.944. The first-order valence-corrected chi connectivity index (χ1v) is 6.78. The fourth-order valence-electron chi connectivity index (χ4n) is 2.73. The summed E-state index contributed by atoms with van der Waals surface area (Å²) in [6.07, 6.45) is 4.12. The van der Waals surface area contributed by atoms with E-state index >= 15 is 0 Å². The maximum Gasteiger partial charge on any atom is 0.192 e. The summed E-state index contributed by atoms with van der Waals surface area (Å²) in [4.78, 5) is 4.29. The lowest BCUT2D eigenvalue weighted by atomic mass is 9.87. The highest BCUT2D eigenvalue weighted by atomic mass is 16.3. The topological polar surface area (TPSA) is 61.9 Å². The summed E-state index contributed by atoms with van der Waals surface area (Å²) in [5.41, 5.74) is 2.80. The Morgan fingerprint density at radius 2 is 2.11 bits per heavy atom. The molecule has 0 radical (unpaired) electrons. The number of benzene rings is 1. The van der Waals surface area contributed by atoms with Gasteiger partial charge < -0.3 is 9.73 Å². The maximum atomic E-state index is 8.90. The molecule has 19 heavy (non-hydrogen) atoms. The summed E-state index contributed by atoms with van der Waals surface area (Å²) in [5, 5.41) is 12.4. The van der Waals surface area contributed by atoms with Gasteiger partial charge in [0.1, 0.15) is 5.52 Å². The van der Waals surface area contributed by atoms with Gasteiger partial charge in [0.15, 0.2) is 11.5 Å². The van der Waals surface area contributed by atoms with Gasteiger partial charge in [-0.1, -0.05) is 0 Å². The lowest BCUT2D eigenvalue weighted by molar-refractivity contribution is 0.397. The highest BCUT2D eigenvalue weighted by Gasteiger charge is 2.20. The van der Waals surface area contributed by atoms with Crippen molar-refractivity contribution in [2.45, 2.75) is 38.6 Å². The third-order valence-electron chi connectivity index (χ3n) is 3.78. The van der Waals surface area contributed by atoms with Gasteiger partial charge in [-0.2, -0.15) is 5.26 Å². The zero-order chi connectivity index (χ0) is 13.2. The fraction of sp³-hybridized carbons (Fsp3) is 0.467. The Balaban J connectivity index is 1.70. The van der Waals surface area contributed by atoms with Crippen LogP contribution < -0.4 is 5.32 Å². The van der Waals surface area contributed by atoms with Gasteiger partial charge in [-0.25, -0.2) is 4.98 Å². The van der Waals surface area contributed by atoms with Crippen molar-refractivity contribution in [3.8, 4) is 6.07 Å². The summed E-state index contributed by atoms with van der Waals surface area (Å²) in [6, 6.07) is 8.86. The largest absolute Gasteiger partial charge is 0.441 e. The van der Waals surface area contributed by atoms with Gasteiger partial charge in [-0.3, -0.25) is 0 Å². The zero-order valence-corrected chi connectivity index (χ0v) is 11.0. The first kappa shape index (κ1) is 12.0. The summed E-state index contributed by atoms with van der Waals surface area (Å²) in [7, 11) is 0. The van der Waals surface area contributed by atoms with Crippen molar-refractivity contribution >= 4 is 16.8 Å². The lowest BCUT2D eigenvalue weighted by Gasteiger charge is -2.26. The number of hydrogen-bond donors (Lipinski definition) is 1. The van der Waals surface area contributed by atoms with Crippen LogP contribution in [0.15, 0.2) is 22.6 Å². The number of aryl methyl sites for hydroxylation is 1. The van der Waals surface area contributed by atoms with Crippen molar-refractivity contribution < 1.29 is 4.42 Å². The van der Waals surface area contributed by atoms with Crippen molar-refractivity contribution in [3.63, 3.8) is 0 Å². The van der Waals surface area contributed by atoms with E-state index in [0.29, 0.717) is 11.9 Å². The minimum Gasteiger partial charge on any atom is -0.441 e. The molecule has 4 nitrogen and oxygen atoms in total. The van der Waals surface area contributed by atoms with E-state index in [2.05, 4.69) is 16.4 Å². The maximum absolute atomic E-state index is 8.90.